The van der Waals surface area contributed by atoms with Gasteiger partial charge in [0.15, 0.2) is 0 Å². The number of carbonyl (C=O) groups excluding carboxylic acids is 4. The van der Waals surface area contributed by atoms with E-state index in [0.29, 0.717) is 24.2 Å². The SMILES string of the molecule is O=C1OCCN1C(=O)c1cc(C2CC2)c(OCC2C3CC4CC(C3)CC2C4)cc1F.O=C=O. The summed E-state index contributed by atoms with van der Waals surface area (Å²) in [5.74, 6) is 3.61. The first-order valence-electron chi connectivity index (χ1n) is 11.9. The highest BCUT2D eigenvalue weighted by Crippen LogP contribution is 2.56. The molecule has 7 rings (SSSR count). The largest absolute Gasteiger partial charge is 0.493 e. The Morgan fingerprint density at radius 1 is 1.09 bits per heavy atom. The number of cyclic esters (lactones) is 1. The molecule has 5 saturated carbocycles. The lowest BCUT2D eigenvalue weighted by atomic mass is 9.52. The van der Waals surface area contributed by atoms with Gasteiger partial charge in [0.25, 0.3) is 5.91 Å². The zero-order chi connectivity index (χ0) is 23.1. The molecule has 0 unspecified atom stereocenters. The molecule has 6 fully saturated rings. The number of imide groups is 1. The van der Waals surface area contributed by atoms with Crippen molar-refractivity contribution in [3.63, 3.8) is 0 Å². The minimum absolute atomic E-state index is 0.0577. The summed E-state index contributed by atoms with van der Waals surface area (Å²) in [6.45, 7) is 0.981. The number of amides is 2. The summed E-state index contributed by atoms with van der Waals surface area (Å²) in [4.78, 5) is 41.7. The lowest BCUT2D eigenvalue weighted by Crippen LogP contribution is -2.47. The van der Waals surface area contributed by atoms with Crippen molar-refractivity contribution >= 4 is 18.2 Å². The van der Waals surface area contributed by atoms with Gasteiger partial charge in [-0.3, -0.25) is 4.79 Å². The molecule has 5 aliphatic carbocycles. The van der Waals surface area contributed by atoms with E-state index >= 15 is 0 Å². The van der Waals surface area contributed by atoms with Crippen molar-refractivity contribution < 1.29 is 33.0 Å². The van der Waals surface area contributed by atoms with Crippen molar-refractivity contribution in [2.75, 3.05) is 19.8 Å². The molecule has 1 aromatic carbocycles. The number of ether oxygens (including phenoxy) is 2. The lowest BCUT2D eigenvalue weighted by molar-refractivity contribution is -0.191. The van der Waals surface area contributed by atoms with Crippen LogP contribution in [-0.2, 0) is 14.3 Å². The molecule has 6 aliphatic rings. The summed E-state index contributed by atoms with van der Waals surface area (Å²) >= 11 is 0. The molecule has 0 N–H and O–H groups in total. The Morgan fingerprint density at radius 3 is 2.27 bits per heavy atom. The van der Waals surface area contributed by atoms with Crippen molar-refractivity contribution in [3.05, 3.63) is 29.1 Å². The zero-order valence-electron chi connectivity index (χ0n) is 18.5. The summed E-state index contributed by atoms with van der Waals surface area (Å²) in [6, 6.07) is 2.99. The number of carbonyl (C=O) groups is 2. The van der Waals surface area contributed by atoms with Crippen LogP contribution >= 0.6 is 0 Å². The topological polar surface area (TPSA) is 90.0 Å². The van der Waals surface area contributed by atoms with Gasteiger partial charge in [-0.2, -0.15) is 9.59 Å². The maximum Gasteiger partial charge on any atom is 0.416 e. The van der Waals surface area contributed by atoms with E-state index in [-0.39, 0.29) is 24.9 Å². The normalized spacial score (nSPS) is 31.5. The quantitative estimate of drug-likeness (QED) is 0.660. The monoisotopic (exact) mass is 457 g/mol. The minimum atomic E-state index is -0.699. The number of hydrogen-bond acceptors (Lipinski definition) is 6. The molecule has 7 nitrogen and oxygen atoms in total. The summed E-state index contributed by atoms with van der Waals surface area (Å²) < 4.78 is 26.0. The van der Waals surface area contributed by atoms with Crippen molar-refractivity contribution in [1.29, 1.82) is 0 Å². The van der Waals surface area contributed by atoms with Crippen LogP contribution in [0.15, 0.2) is 12.1 Å². The molecule has 4 bridgehead atoms. The molecule has 1 aromatic rings. The predicted molar refractivity (Wildman–Crippen MR) is 112 cm³/mol. The van der Waals surface area contributed by atoms with Crippen LogP contribution in [0.25, 0.3) is 0 Å². The van der Waals surface area contributed by atoms with Gasteiger partial charge in [-0.05, 0) is 92.1 Å². The highest BCUT2D eigenvalue weighted by atomic mass is 19.1. The second kappa shape index (κ2) is 8.90. The van der Waals surface area contributed by atoms with Crippen LogP contribution < -0.4 is 4.74 Å². The van der Waals surface area contributed by atoms with Gasteiger partial charge in [0.2, 0.25) is 0 Å². The molecular formula is C25H28FNO6. The number of rotatable bonds is 5. The van der Waals surface area contributed by atoms with Crippen LogP contribution in [-0.4, -0.2) is 42.8 Å². The van der Waals surface area contributed by atoms with Gasteiger partial charge in [0.1, 0.15) is 18.2 Å². The molecule has 1 heterocycles. The van der Waals surface area contributed by atoms with E-state index in [1.165, 1.54) is 38.2 Å². The molecule has 176 valence electrons. The van der Waals surface area contributed by atoms with Crippen LogP contribution in [0.1, 0.15) is 66.8 Å². The summed E-state index contributed by atoms with van der Waals surface area (Å²) in [7, 11) is 0. The fourth-order valence-electron chi connectivity index (χ4n) is 6.79. The average Bonchev–Trinajstić information content (AvgIpc) is 3.53. The van der Waals surface area contributed by atoms with Crippen molar-refractivity contribution in [2.45, 2.75) is 50.9 Å². The lowest BCUT2D eigenvalue weighted by Gasteiger charge is -2.54. The molecule has 1 saturated heterocycles. The fourth-order valence-corrected chi connectivity index (χ4v) is 6.79. The van der Waals surface area contributed by atoms with Gasteiger partial charge in [-0.25, -0.2) is 14.1 Å². The number of halogens is 1. The van der Waals surface area contributed by atoms with Gasteiger partial charge in [-0.1, -0.05) is 0 Å². The van der Waals surface area contributed by atoms with Crippen molar-refractivity contribution in [1.82, 2.24) is 4.90 Å². The second-order valence-electron chi connectivity index (χ2n) is 10.2. The molecule has 1 aliphatic heterocycles. The van der Waals surface area contributed by atoms with Crippen molar-refractivity contribution in [2.24, 2.45) is 29.6 Å². The number of hydrogen-bond donors (Lipinski definition) is 0. The first-order valence-corrected chi connectivity index (χ1v) is 11.9. The molecule has 8 heteroatoms. The van der Waals surface area contributed by atoms with Crippen LogP contribution in [0.5, 0.6) is 5.75 Å². The van der Waals surface area contributed by atoms with Crippen LogP contribution in [0.3, 0.4) is 0 Å². The van der Waals surface area contributed by atoms with E-state index in [4.69, 9.17) is 19.1 Å². The Hall–Kier alpha value is -2.73. The van der Waals surface area contributed by atoms with E-state index in [1.807, 2.05) is 0 Å². The summed E-state index contributed by atoms with van der Waals surface area (Å²) in [5.41, 5.74) is 0.855. The average molecular weight is 457 g/mol. The Labute approximate surface area is 191 Å². The standard InChI is InChI=1S/C24H28FNO4.CO2/c25-21-11-22(30-12-20-16-6-13-5-14(8-16)9-17(20)7-13)18(15-1-2-15)10-19(21)23(27)26-3-4-29-24(26)28;2-1-3/h10-11,13-17,20H,1-9,12H2;. The van der Waals surface area contributed by atoms with Crippen LogP contribution in [0.4, 0.5) is 9.18 Å². The Balaban J connectivity index is 0.000000724. The molecule has 2 amide bonds. The molecule has 0 atom stereocenters. The molecule has 0 aromatic heterocycles. The van der Waals surface area contributed by atoms with Gasteiger partial charge >= 0.3 is 12.2 Å². The maximum absolute atomic E-state index is 14.9. The van der Waals surface area contributed by atoms with E-state index in [9.17, 15) is 14.0 Å². The van der Waals surface area contributed by atoms with E-state index in [0.717, 1.165) is 47.0 Å². The molecule has 0 radical (unpaired) electrons. The Kier molecular flexibility index (Phi) is 5.95. The first kappa shape index (κ1) is 22.1. The highest BCUT2D eigenvalue weighted by molar-refractivity contribution is 6.04. The fraction of sp³-hybridized carbons (Fsp3) is 0.640. The van der Waals surface area contributed by atoms with Crippen LogP contribution in [0.2, 0.25) is 0 Å². The number of benzene rings is 1. The van der Waals surface area contributed by atoms with Gasteiger partial charge in [0, 0.05) is 6.07 Å². The predicted octanol–water partition coefficient (Wildman–Crippen LogP) is 4.16. The maximum atomic E-state index is 14.9. The number of nitrogens with zero attached hydrogens (tertiary/aromatic N) is 1. The molecular weight excluding hydrogens is 429 g/mol. The first-order chi connectivity index (χ1) is 16.0. The highest BCUT2D eigenvalue weighted by Gasteiger charge is 2.48. The Morgan fingerprint density at radius 2 is 1.73 bits per heavy atom. The van der Waals surface area contributed by atoms with Gasteiger partial charge in [0.05, 0.1) is 18.7 Å². The third-order valence-electron chi connectivity index (χ3n) is 8.21. The smallest absolute Gasteiger partial charge is 0.416 e. The van der Waals surface area contributed by atoms with E-state index in [1.54, 1.807) is 6.07 Å². The summed E-state index contributed by atoms with van der Waals surface area (Å²) in [5, 5.41) is 0. The van der Waals surface area contributed by atoms with E-state index in [2.05, 4.69) is 0 Å². The van der Waals surface area contributed by atoms with Crippen molar-refractivity contribution in [3.8, 4) is 5.75 Å². The third-order valence-corrected chi connectivity index (χ3v) is 8.21. The molecule has 33 heavy (non-hydrogen) atoms. The van der Waals surface area contributed by atoms with E-state index < -0.39 is 17.8 Å². The summed E-state index contributed by atoms with van der Waals surface area (Å²) in [6.07, 6.45) is 8.38. The molecule has 0 spiro atoms. The zero-order valence-corrected chi connectivity index (χ0v) is 18.5. The second-order valence-corrected chi connectivity index (χ2v) is 10.2. The van der Waals surface area contributed by atoms with Crippen LogP contribution in [0, 0.1) is 35.4 Å². The third kappa shape index (κ3) is 4.29. The van der Waals surface area contributed by atoms with Gasteiger partial charge in [-0.15, -0.1) is 0 Å². The minimum Gasteiger partial charge on any atom is -0.493 e. The van der Waals surface area contributed by atoms with Gasteiger partial charge < -0.3 is 9.47 Å². The Bertz CT molecular complexity index is 955.